The van der Waals surface area contributed by atoms with Crippen molar-refractivity contribution in [3.63, 3.8) is 0 Å². The predicted molar refractivity (Wildman–Crippen MR) is 73.3 cm³/mol. The molecule has 2 N–H and O–H groups in total. The highest BCUT2D eigenvalue weighted by Crippen LogP contribution is 2.28. The van der Waals surface area contributed by atoms with Crippen LogP contribution in [0.1, 0.15) is 24.4 Å². The molecule has 0 aromatic carbocycles. The molecule has 102 valence electrons. The Morgan fingerprint density at radius 1 is 1.56 bits per heavy atom. The summed E-state index contributed by atoms with van der Waals surface area (Å²) in [6.45, 7) is 2.92. The minimum Gasteiger partial charge on any atom is -0.329 e. The van der Waals surface area contributed by atoms with Crippen LogP contribution in [0.4, 0.5) is 0 Å². The minimum absolute atomic E-state index is 0.311. The number of likely N-dealkylation sites (tertiary alicyclic amines) is 1. The first-order valence-electron chi connectivity index (χ1n) is 6.71. The molecule has 2 rings (SSSR count). The van der Waals surface area contributed by atoms with E-state index in [1.54, 1.807) is 0 Å². The Morgan fingerprint density at radius 2 is 2.33 bits per heavy atom. The first-order valence-corrected chi connectivity index (χ1v) is 6.71. The van der Waals surface area contributed by atoms with Crippen LogP contribution in [-0.4, -0.2) is 59.4 Å². The topological polar surface area (TPSA) is 50.3 Å². The fraction of sp³-hybridized carbons (Fsp3) is 0.769. The van der Waals surface area contributed by atoms with E-state index in [2.05, 4.69) is 35.2 Å². The van der Waals surface area contributed by atoms with E-state index < -0.39 is 0 Å². The molecule has 5 heteroatoms. The van der Waals surface area contributed by atoms with Crippen molar-refractivity contribution in [2.24, 2.45) is 12.8 Å². The monoisotopic (exact) mass is 251 g/mol. The first-order chi connectivity index (χ1) is 8.61. The van der Waals surface area contributed by atoms with Gasteiger partial charge < -0.3 is 10.6 Å². The van der Waals surface area contributed by atoms with Gasteiger partial charge in [0.1, 0.15) is 0 Å². The van der Waals surface area contributed by atoms with Crippen LogP contribution >= 0.6 is 0 Å². The predicted octanol–water partition coefficient (Wildman–Crippen LogP) is 0.446. The molecule has 0 bridgehead atoms. The molecule has 1 saturated heterocycles. The SMILES string of the molecule is CN(C)CC1CCCN1C(CN)c1cnn(C)c1. The van der Waals surface area contributed by atoms with Crippen molar-refractivity contribution >= 4 is 0 Å². The van der Waals surface area contributed by atoms with Crippen molar-refractivity contribution in [2.75, 3.05) is 33.7 Å². The molecule has 18 heavy (non-hydrogen) atoms. The summed E-state index contributed by atoms with van der Waals surface area (Å²) in [6, 6.07) is 0.930. The molecule has 0 aliphatic carbocycles. The van der Waals surface area contributed by atoms with Gasteiger partial charge in [0, 0.05) is 37.9 Å². The second kappa shape index (κ2) is 5.82. The van der Waals surface area contributed by atoms with Gasteiger partial charge in [-0.1, -0.05) is 0 Å². The Bertz CT molecular complexity index is 373. The average Bonchev–Trinajstić information content (AvgIpc) is 2.90. The number of aryl methyl sites for hydroxylation is 1. The largest absolute Gasteiger partial charge is 0.329 e. The normalized spacial score (nSPS) is 22.8. The fourth-order valence-corrected chi connectivity index (χ4v) is 2.96. The van der Waals surface area contributed by atoms with Gasteiger partial charge in [-0.05, 0) is 33.5 Å². The third-order valence-corrected chi connectivity index (χ3v) is 3.73. The number of nitrogens with two attached hydrogens (primary N) is 1. The molecule has 1 aromatic rings. The van der Waals surface area contributed by atoms with Gasteiger partial charge in [-0.25, -0.2) is 0 Å². The van der Waals surface area contributed by atoms with Gasteiger partial charge in [0.05, 0.1) is 12.2 Å². The second-order valence-electron chi connectivity index (χ2n) is 5.49. The van der Waals surface area contributed by atoms with Crippen molar-refractivity contribution in [1.82, 2.24) is 19.6 Å². The highest BCUT2D eigenvalue weighted by Gasteiger charge is 2.31. The van der Waals surface area contributed by atoms with Crippen LogP contribution in [0.25, 0.3) is 0 Å². The molecule has 1 fully saturated rings. The molecule has 1 aliphatic heterocycles. The number of likely N-dealkylation sites (N-methyl/N-ethyl adjacent to an activating group) is 1. The van der Waals surface area contributed by atoms with E-state index in [0.29, 0.717) is 18.6 Å². The summed E-state index contributed by atoms with van der Waals surface area (Å²) in [7, 11) is 6.23. The summed E-state index contributed by atoms with van der Waals surface area (Å²) < 4.78 is 1.86. The molecule has 2 unspecified atom stereocenters. The summed E-state index contributed by atoms with van der Waals surface area (Å²) in [5, 5.41) is 4.27. The molecular formula is C13H25N5. The molecule has 1 aliphatic rings. The lowest BCUT2D eigenvalue weighted by molar-refractivity contribution is 0.156. The number of hydrogen-bond acceptors (Lipinski definition) is 4. The van der Waals surface area contributed by atoms with Crippen LogP contribution < -0.4 is 5.73 Å². The van der Waals surface area contributed by atoms with Crippen LogP contribution in [0, 0.1) is 0 Å². The Balaban J connectivity index is 2.11. The van der Waals surface area contributed by atoms with Gasteiger partial charge >= 0.3 is 0 Å². The van der Waals surface area contributed by atoms with Crippen molar-refractivity contribution in [2.45, 2.75) is 24.9 Å². The third kappa shape index (κ3) is 2.91. The lowest BCUT2D eigenvalue weighted by Crippen LogP contribution is -2.42. The van der Waals surface area contributed by atoms with Crippen molar-refractivity contribution < 1.29 is 0 Å². The molecule has 2 heterocycles. The number of rotatable bonds is 5. The maximum Gasteiger partial charge on any atom is 0.0538 e. The Morgan fingerprint density at radius 3 is 2.89 bits per heavy atom. The summed E-state index contributed by atoms with van der Waals surface area (Å²) in [6.07, 6.45) is 6.58. The van der Waals surface area contributed by atoms with Crippen LogP contribution in [0.5, 0.6) is 0 Å². The molecule has 1 aromatic heterocycles. The lowest BCUT2D eigenvalue weighted by atomic mass is 10.1. The molecule has 0 radical (unpaired) electrons. The fourth-order valence-electron chi connectivity index (χ4n) is 2.96. The first kappa shape index (κ1) is 13.5. The average molecular weight is 251 g/mol. The number of hydrogen-bond donors (Lipinski definition) is 1. The summed E-state index contributed by atoms with van der Waals surface area (Å²) >= 11 is 0. The van der Waals surface area contributed by atoms with Gasteiger partial charge in [-0.15, -0.1) is 0 Å². The van der Waals surface area contributed by atoms with Gasteiger partial charge in [0.2, 0.25) is 0 Å². The van der Waals surface area contributed by atoms with E-state index in [-0.39, 0.29) is 0 Å². The maximum atomic E-state index is 5.99. The molecule has 0 amide bonds. The Kier molecular flexibility index (Phi) is 4.37. The molecule has 0 spiro atoms. The Hall–Kier alpha value is -0.910. The zero-order chi connectivity index (χ0) is 13.1. The molecular weight excluding hydrogens is 226 g/mol. The van der Waals surface area contributed by atoms with E-state index >= 15 is 0 Å². The minimum atomic E-state index is 0.311. The standard InChI is InChI=1S/C13H25N5/c1-16(2)10-12-5-4-6-18(12)13(7-14)11-8-15-17(3)9-11/h8-9,12-13H,4-7,10,14H2,1-3H3. The van der Waals surface area contributed by atoms with E-state index in [1.165, 1.54) is 18.4 Å². The zero-order valence-electron chi connectivity index (χ0n) is 11.7. The summed E-state index contributed by atoms with van der Waals surface area (Å²) in [5.41, 5.74) is 7.24. The van der Waals surface area contributed by atoms with Gasteiger partial charge in [0.15, 0.2) is 0 Å². The maximum absolute atomic E-state index is 5.99. The third-order valence-electron chi connectivity index (χ3n) is 3.73. The smallest absolute Gasteiger partial charge is 0.0538 e. The quantitative estimate of drug-likeness (QED) is 0.825. The highest BCUT2D eigenvalue weighted by atomic mass is 15.3. The van der Waals surface area contributed by atoms with Gasteiger partial charge in [-0.2, -0.15) is 5.10 Å². The second-order valence-corrected chi connectivity index (χ2v) is 5.49. The zero-order valence-corrected chi connectivity index (χ0v) is 11.7. The highest BCUT2D eigenvalue weighted by molar-refractivity contribution is 5.12. The molecule has 0 saturated carbocycles. The van der Waals surface area contributed by atoms with Gasteiger partial charge in [-0.3, -0.25) is 9.58 Å². The van der Waals surface area contributed by atoms with Crippen LogP contribution in [-0.2, 0) is 7.05 Å². The molecule has 5 nitrogen and oxygen atoms in total. The van der Waals surface area contributed by atoms with Crippen LogP contribution in [0.2, 0.25) is 0 Å². The van der Waals surface area contributed by atoms with E-state index in [0.717, 1.165) is 13.1 Å². The molecule has 2 atom stereocenters. The van der Waals surface area contributed by atoms with Gasteiger partial charge in [0.25, 0.3) is 0 Å². The van der Waals surface area contributed by atoms with Crippen molar-refractivity contribution in [1.29, 1.82) is 0 Å². The Labute approximate surface area is 110 Å². The van der Waals surface area contributed by atoms with Crippen LogP contribution in [0.3, 0.4) is 0 Å². The van der Waals surface area contributed by atoms with E-state index in [9.17, 15) is 0 Å². The van der Waals surface area contributed by atoms with Crippen molar-refractivity contribution in [3.05, 3.63) is 18.0 Å². The van der Waals surface area contributed by atoms with Crippen molar-refractivity contribution in [3.8, 4) is 0 Å². The number of aromatic nitrogens is 2. The van der Waals surface area contributed by atoms with Crippen LogP contribution in [0.15, 0.2) is 12.4 Å². The van der Waals surface area contributed by atoms with E-state index in [1.807, 2.05) is 17.9 Å². The van der Waals surface area contributed by atoms with E-state index in [4.69, 9.17) is 5.73 Å². The lowest BCUT2D eigenvalue weighted by Gasteiger charge is -2.33. The number of nitrogens with zero attached hydrogens (tertiary/aromatic N) is 4. The summed E-state index contributed by atoms with van der Waals surface area (Å²) in [4.78, 5) is 4.82. The summed E-state index contributed by atoms with van der Waals surface area (Å²) in [5.74, 6) is 0.